The largest absolute Gasteiger partial charge is 0.423 e. The topological polar surface area (TPSA) is 52.3 Å². The zero-order valence-electron chi connectivity index (χ0n) is 8.69. The Kier molecular flexibility index (Phi) is 3.69. The van der Waals surface area contributed by atoms with Crippen LogP contribution in [0, 0.1) is 0 Å². The van der Waals surface area contributed by atoms with Gasteiger partial charge in [-0.3, -0.25) is 0 Å². The number of nitrogens with two attached hydrogens (primary N) is 1. The van der Waals surface area contributed by atoms with E-state index in [0.29, 0.717) is 11.4 Å². The summed E-state index contributed by atoms with van der Waals surface area (Å²) in [5, 5.41) is 1.89. The molecule has 0 spiro atoms. The first-order chi connectivity index (χ1) is 8.09. The van der Waals surface area contributed by atoms with Crippen molar-refractivity contribution >= 4 is 54.3 Å². The van der Waals surface area contributed by atoms with E-state index in [1.165, 1.54) is 0 Å². The second kappa shape index (κ2) is 5.06. The summed E-state index contributed by atoms with van der Waals surface area (Å²) >= 11 is 6.15. The van der Waals surface area contributed by atoms with Crippen LogP contribution in [0.4, 0.5) is 5.69 Å². The van der Waals surface area contributed by atoms with Crippen LogP contribution < -0.4 is 10.5 Å². The highest BCUT2D eigenvalue weighted by atomic mass is 79.9. The summed E-state index contributed by atoms with van der Waals surface area (Å²) < 4.78 is 4.62. The average molecular weight is 359 g/mol. The van der Waals surface area contributed by atoms with E-state index < -0.39 is 9.71 Å². The number of halogens is 2. The molecule has 2 aromatic carbocycles. The Balaban J connectivity index is 2.43. The van der Waals surface area contributed by atoms with Gasteiger partial charge >= 0.3 is 5.97 Å². The number of carbonyl (C=O) groups excluding carboxylic acids is 1. The van der Waals surface area contributed by atoms with Gasteiger partial charge in [0.2, 0.25) is 0 Å². The molecule has 5 heteroatoms. The van der Waals surface area contributed by atoms with E-state index in [4.69, 9.17) is 10.5 Å². The van der Waals surface area contributed by atoms with Crippen molar-refractivity contribution in [3.63, 3.8) is 0 Å². The molecule has 2 N–H and O–H groups in total. The molecule has 0 unspecified atom stereocenters. The molecule has 2 rings (SSSR count). The van der Waals surface area contributed by atoms with Crippen molar-refractivity contribution in [1.29, 1.82) is 0 Å². The van der Waals surface area contributed by atoms with E-state index in [-0.39, 0.29) is 0 Å². The molecule has 0 aliphatic carbocycles. The first kappa shape index (κ1) is 12.4. The van der Waals surface area contributed by atoms with Crippen LogP contribution in [-0.2, 0) is 4.79 Å². The number of benzene rings is 2. The van der Waals surface area contributed by atoms with Gasteiger partial charge in [0.05, 0.1) is 5.69 Å². The summed E-state index contributed by atoms with van der Waals surface area (Å²) in [5.41, 5.74) is 6.43. The monoisotopic (exact) mass is 357 g/mol. The number of fused-ring (bicyclic) bond motifs is 1. The molecular weight excluding hydrogens is 350 g/mol. The lowest BCUT2D eigenvalue weighted by atomic mass is 10.1. The lowest BCUT2D eigenvalue weighted by Crippen LogP contribution is -2.15. The summed E-state index contributed by atoms with van der Waals surface area (Å²) in [6.07, 6.45) is 0. The van der Waals surface area contributed by atoms with Gasteiger partial charge in [-0.2, -0.15) is 0 Å². The first-order valence-corrected chi connectivity index (χ1v) is 6.70. The Morgan fingerprint density at radius 2 is 1.88 bits per heavy atom. The molecular formula is C12H9Br2NO2. The number of ether oxygens (including phenoxy) is 1. The van der Waals surface area contributed by atoms with Gasteiger partial charge < -0.3 is 10.5 Å². The summed E-state index contributed by atoms with van der Waals surface area (Å²) in [4.78, 5) is 11.4. The third kappa shape index (κ3) is 2.61. The molecule has 0 bridgehead atoms. The van der Waals surface area contributed by atoms with Crippen LogP contribution in [0.25, 0.3) is 10.8 Å². The lowest BCUT2D eigenvalue weighted by molar-refractivity contribution is -0.131. The van der Waals surface area contributed by atoms with Crippen LogP contribution in [0.3, 0.4) is 0 Å². The number of esters is 1. The van der Waals surface area contributed by atoms with Crippen molar-refractivity contribution in [2.75, 3.05) is 5.73 Å². The summed E-state index contributed by atoms with van der Waals surface area (Å²) in [6, 6.07) is 11.2. The number of rotatable bonds is 2. The molecule has 0 aliphatic heterocycles. The Morgan fingerprint density at radius 1 is 1.18 bits per heavy atom. The van der Waals surface area contributed by atoms with Gasteiger partial charge in [0.15, 0.2) is 9.49 Å². The van der Waals surface area contributed by atoms with Crippen molar-refractivity contribution in [3.8, 4) is 5.75 Å². The average Bonchev–Trinajstić information content (AvgIpc) is 2.33. The molecule has 2 aromatic rings. The predicted molar refractivity (Wildman–Crippen MR) is 75.6 cm³/mol. The minimum absolute atomic E-state index is 0.373. The van der Waals surface area contributed by atoms with Crippen LogP contribution in [-0.4, -0.2) is 9.71 Å². The molecule has 17 heavy (non-hydrogen) atoms. The highest BCUT2D eigenvalue weighted by Gasteiger charge is 2.15. The zero-order valence-corrected chi connectivity index (χ0v) is 11.9. The van der Waals surface area contributed by atoms with Gasteiger partial charge in [-0.05, 0) is 11.5 Å². The van der Waals surface area contributed by atoms with Gasteiger partial charge in [0.25, 0.3) is 0 Å². The van der Waals surface area contributed by atoms with Crippen LogP contribution in [0.5, 0.6) is 5.75 Å². The van der Waals surface area contributed by atoms with E-state index in [1.807, 2.05) is 30.3 Å². The smallest absolute Gasteiger partial charge is 0.336 e. The molecule has 0 radical (unpaired) electrons. The molecule has 0 saturated carbocycles. The van der Waals surface area contributed by atoms with E-state index in [2.05, 4.69) is 31.9 Å². The summed E-state index contributed by atoms with van der Waals surface area (Å²) in [7, 11) is 0. The molecule has 0 aliphatic rings. The number of hydrogen-bond acceptors (Lipinski definition) is 3. The normalized spacial score (nSPS) is 10.8. The Morgan fingerprint density at radius 3 is 2.59 bits per heavy atom. The predicted octanol–water partition coefficient (Wildman–Crippen LogP) is 3.44. The first-order valence-electron chi connectivity index (χ1n) is 4.86. The van der Waals surface area contributed by atoms with E-state index in [1.54, 1.807) is 6.07 Å². The van der Waals surface area contributed by atoms with Gasteiger partial charge in [-0.15, -0.1) is 0 Å². The number of hydrogen-bond donors (Lipinski definition) is 1. The number of anilines is 1. The second-order valence-corrected chi connectivity index (χ2v) is 6.48. The minimum atomic E-state index is -0.541. The summed E-state index contributed by atoms with van der Waals surface area (Å²) in [6.45, 7) is 0. The molecule has 0 saturated heterocycles. The zero-order chi connectivity index (χ0) is 12.4. The molecule has 3 nitrogen and oxygen atoms in total. The fourth-order valence-electron chi connectivity index (χ4n) is 1.52. The van der Waals surface area contributed by atoms with Crippen molar-refractivity contribution in [2.45, 2.75) is 3.74 Å². The maximum Gasteiger partial charge on any atom is 0.336 e. The number of alkyl halides is 2. The van der Waals surface area contributed by atoms with E-state index in [9.17, 15) is 4.79 Å². The molecule has 88 valence electrons. The molecule has 0 fully saturated rings. The van der Waals surface area contributed by atoms with E-state index >= 15 is 0 Å². The van der Waals surface area contributed by atoms with Crippen molar-refractivity contribution < 1.29 is 9.53 Å². The Hall–Kier alpha value is -1.07. The Bertz CT molecular complexity index is 569. The third-order valence-electron chi connectivity index (χ3n) is 2.32. The van der Waals surface area contributed by atoms with Crippen LogP contribution >= 0.6 is 31.9 Å². The van der Waals surface area contributed by atoms with Crippen LogP contribution in [0.15, 0.2) is 36.4 Å². The van der Waals surface area contributed by atoms with Gasteiger partial charge in [0.1, 0.15) is 0 Å². The van der Waals surface area contributed by atoms with Crippen molar-refractivity contribution in [1.82, 2.24) is 0 Å². The number of nitrogen functional groups attached to an aromatic ring is 1. The molecule has 0 aromatic heterocycles. The van der Waals surface area contributed by atoms with Crippen molar-refractivity contribution in [3.05, 3.63) is 36.4 Å². The molecule has 0 atom stereocenters. The highest BCUT2D eigenvalue weighted by Crippen LogP contribution is 2.31. The number of carbonyl (C=O) groups is 1. The van der Waals surface area contributed by atoms with Crippen LogP contribution in [0.1, 0.15) is 0 Å². The maximum atomic E-state index is 11.4. The third-order valence-corrected chi connectivity index (χ3v) is 3.07. The SMILES string of the molecule is Nc1c(OC(=O)C(Br)Br)ccc2ccccc12. The Labute approximate surface area is 115 Å². The summed E-state index contributed by atoms with van der Waals surface area (Å²) in [5.74, 6) is -0.0652. The highest BCUT2D eigenvalue weighted by molar-refractivity contribution is 9.25. The minimum Gasteiger partial charge on any atom is -0.423 e. The van der Waals surface area contributed by atoms with Gasteiger partial charge in [-0.25, -0.2) is 4.79 Å². The van der Waals surface area contributed by atoms with Gasteiger partial charge in [0, 0.05) is 5.39 Å². The second-order valence-electron chi connectivity index (χ2n) is 3.42. The maximum absolute atomic E-state index is 11.4. The van der Waals surface area contributed by atoms with Crippen molar-refractivity contribution in [2.24, 2.45) is 0 Å². The molecule has 0 amide bonds. The van der Waals surface area contributed by atoms with Gasteiger partial charge in [-0.1, -0.05) is 62.2 Å². The standard InChI is InChI=1S/C12H9Br2NO2/c13-11(14)12(16)17-9-6-5-7-3-1-2-4-8(7)10(9)15/h1-6,11H,15H2. The van der Waals surface area contributed by atoms with Crippen LogP contribution in [0.2, 0.25) is 0 Å². The lowest BCUT2D eigenvalue weighted by Gasteiger charge is -2.10. The fourth-order valence-corrected chi connectivity index (χ4v) is 1.70. The fraction of sp³-hybridized carbons (Fsp3) is 0.0833. The molecule has 0 heterocycles. The quantitative estimate of drug-likeness (QED) is 0.387. The van der Waals surface area contributed by atoms with E-state index in [0.717, 1.165) is 10.8 Å².